The van der Waals surface area contributed by atoms with E-state index in [0.717, 1.165) is 12.8 Å². The highest BCUT2D eigenvalue weighted by Gasteiger charge is 1.91. The molecule has 0 aromatic carbocycles. The quantitative estimate of drug-likeness (QED) is 0.448. The van der Waals surface area contributed by atoms with Gasteiger partial charge in [0.15, 0.2) is 0 Å². The molecular formula is C12H17F. The van der Waals surface area contributed by atoms with Crippen molar-refractivity contribution in [3.8, 4) is 12.3 Å². The van der Waals surface area contributed by atoms with Crippen molar-refractivity contribution in [1.82, 2.24) is 0 Å². The van der Waals surface area contributed by atoms with Gasteiger partial charge in [-0.1, -0.05) is 31.9 Å². The summed E-state index contributed by atoms with van der Waals surface area (Å²) in [7, 11) is 0. The fourth-order valence-corrected chi connectivity index (χ4v) is 0.903. The molecule has 0 bridgehead atoms. The maximum Gasteiger partial charge on any atom is 0.115 e. The van der Waals surface area contributed by atoms with Gasteiger partial charge in [-0.15, -0.1) is 6.42 Å². The lowest BCUT2D eigenvalue weighted by molar-refractivity contribution is 0.549. The molecule has 72 valence electrons. The van der Waals surface area contributed by atoms with Crippen LogP contribution in [0.4, 0.5) is 4.39 Å². The Hall–Kier alpha value is -1.03. The normalized spacial score (nSPS) is 12.4. The van der Waals surface area contributed by atoms with Gasteiger partial charge in [-0.2, -0.15) is 0 Å². The minimum atomic E-state index is -0.484. The highest BCUT2D eigenvalue weighted by atomic mass is 19.1. The molecule has 0 N–H and O–H groups in total. The average Bonchev–Trinajstić information content (AvgIpc) is 2.10. The molecule has 0 nitrogen and oxygen atoms in total. The van der Waals surface area contributed by atoms with Crippen LogP contribution in [0.3, 0.4) is 0 Å². The average molecular weight is 180 g/mol. The van der Waals surface area contributed by atoms with Crippen LogP contribution >= 0.6 is 0 Å². The van der Waals surface area contributed by atoms with Crippen molar-refractivity contribution in [3.63, 3.8) is 0 Å². The van der Waals surface area contributed by atoms with Gasteiger partial charge >= 0.3 is 0 Å². The molecule has 0 atom stereocenters. The molecule has 0 unspecified atom stereocenters. The Balaban J connectivity index is 3.83. The molecule has 0 rings (SSSR count). The standard InChI is InChI=1S/C12H17F/c1-4-7-12(10-13)9-6-5-8-11(2)3/h1,6-7,9,11H,5,8,10H2,2-3H3/b9-6-,12-7+. The summed E-state index contributed by atoms with van der Waals surface area (Å²) >= 11 is 0. The Morgan fingerprint density at radius 3 is 2.69 bits per heavy atom. The van der Waals surface area contributed by atoms with E-state index in [-0.39, 0.29) is 0 Å². The van der Waals surface area contributed by atoms with Gasteiger partial charge in [-0.25, -0.2) is 4.39 Å². The van der Waals surface area contributed by atoms with Crippen molar-refractivity contribution < 1.29 is 4.39 Å². The van der Waals surface area contributed by atoms with Gasteiger partial charge in [-0.3, -0.25) is 0 Å². The van der Waals surface area contributed by atoms with E-state index < -0.39 is 6.67 Å². The first-order valence-electron chi connectivity index (χ1n) is 4.58. The first-order valence-corrected chi connectivity index (χ1v) is 4.58. The fourth-order valence-electron chi connectivity index (χ4n) is 0.903. The second-order valence-electron chi connectivity index (χ2n) is 3.39. The van der Waals surface area contributed by atoms with Crippen LogP contribution in [0.15, 0.2) is 23.8 Å². The van der Waals surface area contributed by atoms with Crippen molar-refractivity contribution >= 4 is 0 Å². The number of rotatable bonds is 5. The zero-order valence-corrected chi connectivity index (χ0v) is 8.39. The second-order valence-corrected chi connectivity index (χ2v) is 3.39. The van der Waals surface area contributed by atoms with Crippen molar-refractivity contribution in [2.24, 2.45) is 5.92 Å². The number of alkyl halides is 1. The summed E-state index contributed by atoms with van der Waals surface area (Å²) in [5.74, 6) is 3.01. The van der Waals surface area contributed by atoms with Gasteiger partial charge in [-0.05, 0) is 30.4 Å². The molecule has 0 spiro atoms. The second kappa shape index (κ2) is 7.61. The topological polar surface area (TPSA) is 0 Å². The molecule has 0 aliphatic carbocycles. The van der Waals surface area contributed by atoms with Gasteiger partial charge in [0.25, 0.3) is 0 Å². The van der Waals surface area contributed by atoms with Gasteiger partial charge in [0.05, 0.1) is 0 Å². The van der Waals surface area contributed by atoms with E-state index in [2.05, 4.69) is 19.8 Å². The van der Waals surface area contributed by atoms with Crippen LogP contribution in [-0.4, -0.2) is 6.67 Å². The molecule has 0 amide bonds. The molecule has 0 aliphatic heterocycles. The lowest BCUT2D eigenvalue weighted by atomic mass is 10.1. The van der Waals surface area contributed by atoms with Crippen molar-refractivity contribution in [3.05, 3.63) is 23.8 Å². The molecule has 0 aliphatic rings. The van der Waals surface area contributed by atoms with Crippen LogP contribution in [0, 0.1) is 18.3 Å². The van der Waals surface area contributed by atoms with Crippen LogP contribution in [0.25, 0.3) is 0 Å². The lowest BCUT2D eigenvalue weighted by Crippen LogP contribution is -1.84. The van der Waals surface area contributed by atoms with E-state index in [1.807, 2.05) is 6.08 Å². The summed E-state index contributed by atoms with van der Waals surface area (Å²) in [6, 6.07) is 0. The third-order valence-corrected chi connectivity index (χ3v) is 1.67. The first kappa shape index (κ1) is 12.0. The number of terminal acetylenes is 1. The zero-order valence-electron chi connectivity index (χ0n) is 8.39. The maximum atomic E-state index is 12.2. The van der Waals surface area contributed by atoms with Crippen molar-refractivity contribution in [1.29, 1.82) is 0 Å². The smallest absolute Gasteiger partial charge is 0.115 e. The summed E-state index contributed by atoms with van der Waals surface area (Å²) in [4.78, 5) is 0. The summed E-state index contributed by atoms with van der Waals surface area (Å²) in [6.45, 7) is 3.85. The summed E-state index contributed by atoms with van der Waals surface area (Å²) in [5.41, 5.74) is 0.575. The Kier molecular flexibility index (Phi) is 7.01. The van der Waals surface area contributed by atoms with E-state index in [0.29, 0.717) is 11.5 Å². The third kappa shape index (κ3) is 7.33. The molecule has 0 aromatic rings. The molecule has 0 aromatic heterocycles. The fraction of sp³-hybridized carbons (Fsp3) is 0.500. The van der Waals surface area contributed by atoms with Crippen LogP contribution in [0.5, 0.6) is 0 Å². The molecule has 0 saturated heterocycles. The van der Waals surface area contributed by atoms with Crippen LogP contribution in [0.1, 0.15) is 26.7 Å². The third-order valence-electron chi connectivity index (χ3n) is 1.67. The highest BCUT2D eigenvalue weighted by Crippen LogP contribution is 2.05. The predicted molar refractivity (Wildman–Crippen MR) is 56.1 cm³/mol. The maximum absolute atomic E-state index is 12.2. The summed E-state index contributed by atoms with van der Waals surface area (Å²) in [6.07, 6.45) is 12.4. The largest absolute Gasteiger partial charge is 0.246 e. The molecule has 0 saturated carbocycles. The SMILES string of the molecule is C#C/C=C(\C=C/CCC(C)C)CF. The Morgan fingerprint density at radius 2 is 2.23 bits per heavy atom. The Labute approximate surface area is 80.5 Å². The summed E-state index contributed by atoms with van der Waals surface area (Å²) in [5, 5.41) is 0. The van der Waals surface area contributed by atoms with Crippen molar-refractivity contribution in [2.45, 2.75) is 26.7 Å². The molecule has 0 radical (unpaired) electrons. The molecule has 0 fully saturated rings. The van der Waals surface area contributed by atoms with Gasteiger partial charge in [0, 0.05) is 0 Å². The number of hydrogen-bond acceptors (Lipinski definition) is 0. The zero-order chi connectivity index (χ0) is 10.1. The lowest BCUT2D eigenvalue weighted by Gasteiger charge is -1.99. The molecule has 0 heterocycles. The van der Waals surface area contributed by atoms with Gasteiger partial charge in [0.2, 0.25) is 0 Å². The van der Waals surface area contributed by atoms with Gasteiger partial charge in [0.1, 0.15) is 6.67 Å². The minimum absolute atomic E-state index is 0.484. The van der Waals surface area contributed by atoms with E-state index in [9.17, 15) is 4.39 Å². The molecule has 1 heteroatoms. The van der Waals surface area contributed by atoms with E-state index >= 15 is 0 Å². The number of hydrogen-bond donors (Lipinski definition) is 0. The Morgan fingerprint density at radius 1 is 1.54 bits per heavy atom. The molecule has 13 heavy (non-hydrogen) atoms. The van der Waals surface area contributed by atoms with E-state index in [1.54, 1.807) is 6.08 Å². The minimum Gasteiger partial charge on any atom is -0.246 e. The van der Waals surface area contributed by atoms with Crippen molar-refractivity contribution in [2.75, 3.05) is 6.67 Å². The first-order chi connectivity index (χ1) is 6.20. The monoisotopic (exact) mass is 180 g/mol. The van der Waals surface area contributed by atoms with E-state index in [4.69, 9.17) is 6.42 Å². The van der Waals surface area contributed by atoms with Crippen LogP contribution in [0.2, 0.25) is 0 Å². The van der Waals surface area contributed by atoms with Crippen LogP contribution < -0.4 is 0 Å². The molecular weight excluding hydrogens is 163 g/mol. The van der Waals surface area contributed by atoms with Crippen LogP contribution in [-0.2, 0) is 0 Å². The highest BCUT2D eigenvalue weighted by molar-refractivity contribution is 5.27. The predicted octanol–water partition coefficient (Wildman–Crippen LogP) is 3.51. The Bertz CT molecular complexity index is 216. The summed E-state index contributed by atoms with van der Waals surface area (Å²) < 4.78 is 12.2. The van der Waals surface area contributed by atoms with Gasteiger partial charge < -0.3 is 0 Å². The number of allylic oxidation sites excluding steroid dienone is 4. The van der Waals surface area contributed by atoms with E-state index in [1.165, 1.54) is 6.08 Å². The number of halogens is 1.